The van der Waals surface area contributed by atoms with Crippen molar-refractivity contribution in [2.45, 2.75) is 38.1 Å². The molecule has 1 fully saturated rings. The fraction of sp³-hybridized carbons (Fsp3) is 0.348. The van der Waals surface area contributed by atoms with E-state index in [4.69, 9.17) is 4.42 Å². The van der Waals surface area contributed by atoms with Crippen molar-refractivity contribution in [2.24, 2.45) is 0 Å². The van der Waals surface area contributed by atoms with E-state index in [0.29, 0.717) is 18.3 Å². The minimum atomic E-state index is -0.517. The van der Waals surface area contributed by atoms with Crippen molar-refractivity contribution in [3.8, 4) is 0 Å². The third-order valence-electron chi connectivity index (χ3n) is 5.28. The standard InChI is InChI=1S/C23H25FN4O2/c24-19-12-8-11-18(16-19)21(29)25-20(15-17-9-4-3-5-10-17)22-26-27-23(30-22)28-13-6-1-2-7-14-28/h3-5,8-12,16,20H,1-2,6-7,13-15H2,(H,25,29)/t20-/m0/s1. The number of benzene rings is 2. The van der Waals surface area contributed by atoms with Crippen LogP contribution < -0.4 is 10.2 Å². The van der Waals surface area contributed by atoms with Gasteiger partial charge in [0.05, 0.1) is 0 Å². The van der Waals surface area contributed by atoms with Crippen molar-refractivity contribution in [1.82, 2.24) is 15.5 Å². The highest BCUT2D eigenvalue weighted by Crippen LogP contribution is 2.23. The minimum absolute atomic E-state index is 0.250. The van der Waals surface area contributed by atoms with Crippen molar-refractivity contribution < 1.29 is 13.6 Å². The summed E-state index contributed by atoms with van der Waals surface area (Å²) in [4.78, 5) is 14.9. The van der Waals surface area contributed by atoms with E-state index in [2.05, 4.69) is 20.4 Å². The Bertz CT molecular complexity index is 968. The predicted octanol–water partition coefficient (Wildman–Crippen LogP) is 4.30. The van der Waals surface area contributed by atoms with Gasteiger partial charge in [-0.05, 0) is 36.6 Å². The van der Waals surface area contributed by atoms with Crippen LogP contribution in [0.15, 0.2) is 59.0 Å². The van der Waals surface area contributed by atoms with Crippen LogP contribution in [0.5, 0.6) is 0 Å². The molecule has 0 spiro atoms. The second-order valence-corrected chi connectivity index (χ2v) is 7.55. The molecule has 0 aliphatic carbocycles. The van der Waals surface area contributed by atoms with E-state index in [1.807, 2.05) is 30.3 Å². The Balaban J connectivity index is 1.56. The van der Waals surface area contributed by atoms with E-state index < -0.39 is 11.9 Å². The fourth-order valence-electron chi connectivity index (χ4n) is 3.68. The molecule has 1 atom stereocenters. The molecule has 0 saturated carbocycles. The summed E-state index contributed by atoms with van der Waals surface area (Å²) in [5.41, 5.74) is 1.27. The number of hydrogen-bond donors (Lipinski definition) is 1. The largest absolute Gasteiger partial charge is 0.406 e. The number of anilines is 1. The summed E-state index contributed by atoms with van der Waals surface area (Å²) in [6.07, 6.45) is 5.10. The van der Waals surface area contributed by atoms with Gasteiger partial charge < -0.3 is 14.6 Å². The van der Waals surface area contributed by atoms with Crippen LogP contribution in [0, 0.1) is 5.82 Å². The van der Waals surface area contributed by atoms with Gasteiger partial charge in [-0.2, -0.15) is 0 Å². The Labute approximate surface area is 175 Å². The molecule has 1 N–H and O–H groups in total. The van der Waals surface area contributed by atoms with Crippen LogP contribution in [0.3, 0.4) is 0 Å². The highest BCUT2D eigenvalue weighted by atomic mass is 19.1. The molecular weight excluding hydrogens is 383 g/mol. The average molecular weight is 408 g/mol. The first-order chi connectivity index (χ1) is 14.7. The van der Waals surface area contributed by atoms with Crippen LogP contribution >= 0.6 is 0 Å². The second-order valence-electron chi connectivity index (χ2n) is 7.55. The highest BCUT2D eigenvalue weighted by molar-refractivity contribution is 5.94. The Hall–Kier alpha value is -3.22. The molecule has 2 aromatic carbocycles. The zero-order valence-corrected chi connectivity index (χ0v) is 16.8. The first-order valence-corrected chi connectivity index (χ1v) is 10.4. The normalized spacial score (nSPS) is 15.4. The van der Waals surface area contributed by atoms with E-state index in [0.717, 1.165) is 31.5 Å². The summed E-state index contributed by atoms with van der Waals surface area (Å²) < 4.78 is 19.5. The van der Waals surface area contributed by atoms with Crippen molar-refractivity contribution >= 4 is 11.9 Å². The summed E-state index contributed by atoms with van der Waals surface area (Å²) in [5, 5.41) is 11.4. The first-order valence-electron chi connectivity index (χ1n) is 10.4. The summed E-state index contributed by atoms with van der Waals surface area (Å²) in [6.45, 7) is 1.78. The van der Waals surface area contributed by atoms with Crippen LogP contribution in [-0.4, -0.2) is 29.2 Å². The molecule has 7 heteroatoms. The third-order valence-corrected chi connectivity index (χ3v) is 5.28. The lowest BCUT2D eigenvalue weighted by molar-refractivity contribution is 0.0929. The van der Waals surface area contributed by atoms with Crippen LogP contribution in [0.1, 0.15) is 53.5 Å². The highest BCUT2D eigenvalue weighted by Gasteiger charge is 2.24. The monoisotopic (exact) mass is 408 g/mol. The van der Waals surface area contributed by atoms with Gasteiger partial charge in [-0.1, -0.05) is 54.3 Å². The van der Waals surface area contributed by atoms with Crippen molar-refractivity contribution in [3.63, 3.8) is 0 Å². The molecule has 0 unspecified atom stereocenters. The first kappa shape index (κ1) is 20.1. The lowest BCUT2D eigenvalue weighted by atomic mass is 10.1. The molecule has 0 bridgehead atoms. The number of aromatic nitrogens is 2. The zero-order valence-electron chi connectivity index (χ0n) is 16.8. The lowest BCUT2D eigenvalue weighted by Gasteiger charge is -2.18. The van der Waals surface area contributed by atoms with Gasteiger partial charge in [-0.3, -0.25) is 4.79 Å². The van der Waals surface area contributed by atoms with Crippen molar-refractivity contribution in [3.05, 3.63) is 77.4 Å². The molecule has 2 heterocycles. The van der Waals surface area contributed by atoms with Gasteiger partial charge >= 0.3 is 6.01 Å². The average Bonchev–Trinajstić information content (AvgIpc) is 3.09. The third kappa shape index (κ3) is 5.03. The smallest absolute Gasteiger partial charge is 0.318 e. The number of nitrogens with zero attached hydrogens (tertiary/aromatic N) is 3. The van der Waals surface area contributed by atoms with Crippen molar-refractivity contribution in [2.75, 3.05) is 18.0 Å². The number of halogens is 1. The molecule has 4 rings (SSSR count). The van der Waals surface area contributed by atoms with E-state index in [1.54, 1.807) is 6.07 Å². The quantitative estimate of drug-likeness (QED) is 0.658. The summed E-state index contributed by atoms with van der Waals surface area (Å²) in [5.74, 6) is -0.490. The Morgan fingerprint density at radius 3 is 2.53 bits per heavy atom. The fourth-order valence-corrected chi connectivity index (χ4v) is 3.68. The van der Waals surface area contributed by atoms with E-state index in [1.165, 1.54) is 31.0 Å². The Morgan fingerprint density at radius 1 is 1.03 bits per heavy atom. The van der Waals surface area contributed by atoms with Gasteiger partial charge in [0.25, 0.3) is 5.91 Å². The SMILES string of the molecule is O=C(N[C@@H](Cc1ccccc1)c1nnc(N2CCCCCC2)o1)c1cccc(F)c1. The number of carbonyl (C=O) groups excluding carboxylic acids is 1. The van der Waals surface area contributed by atoms with Gasteiger partial charge in [0.2, 0.25) is 5.89 Å². The number of nitrogens with one attached hydrogen (secondary N) is 1. The number of carbonyl (C=O) groups is 1. The van der Waals surface area contributed by atoms with E-state index in [-0.39, 0.29) is 11.5 Å². The van der Waals surface area contributed by atoms with Crippen LogP contribution in [0.25, 0.3) is 0 Å². The van der Waals surface area contributed by atoms with Gasteiger partial charge in [-0.15, -0.1) is 5.10 Å². The van der Waals surface area contributed by atoms with Gasteiger partial charge in [0.1, 0.15) is 11.9 Å². The minimum Gasteiger partial charge on any atom is -0.406 e. The summed E-state index contributed by atoms with van der Waals surface area (Å²) in [6, 6.07) is 15.4. The molecule has 0 radical (unpaired) electrons. The topological polar surface area (TPSA) is 71.3 Å². The molecule has 1 amide bonds. The molecular formula is C23H25FN4O2. The number of hydrogen-bond acceptors (Lipinski definition) is 5. The van der Waals surface area contributed by atoms with Gasteiger partial charge in [-0.25, -0.2) is 4.39 Å². The maximum Gasteiger partial charge on any atom is 0.318 e. The molecule has 30 heavy (non-hydrogen) atoms. The van der Waals surface area contributed by atoms with Crippen LogP contribution in [-0.2, 0) is 6.42 Å². The van der Waals surface area contributed by atoms with Crippen LogP contribution in [0.4, 0.5) is 10.4 Å². The second kappa shape index (κ2) is 9.52. The summed E-state index contributed by atoms with van der Waals surface area (Å²) in [7, 11) is 0. The van der Waals surface area contributed by atoms with Gasteiger partial charge in [0.15, 0.2) is 0 Å². The number of rotatable bonds is 6. The zero-order chi connectivity index (χ0) is 20.8. The molecule has 1 aliphatic heterocycles. The molecule has 1 aliphatic rings. The molecule has 3 aromatic rings. The van der Waals surface area contributed by atoms with Crippen LogP contribution in [0.2, 0.25) is 0 Å². The summed E-state index contributed by atoms with van der Waals surface area (Å²) >= 11 is 0. The van der Waals surface area contributed by atoms with E-state index >= 15 is 0 Å². The molecule has 6 nitrogen and oxygen atoms in total. The lowest BCUT2D eigenvalue weighted by Crippen LogP contribution is -2.30. The van der Waals surface area contributed by atoms with E-state index in [9.17, 15) is 9.18 Å². The maximum atomic E-state index is 13.6. The predicted molar refractivity (Wildman–Crippen MR) is 112 cm³/mol. The van der Waals surface area contributed by atoms with Crippen molar-refractivity contribution in [1.29, 1.82) is 0 Å². The Morgan fingerprint density at radius 2 is 1.80 bits per heavy atom. The maximum absolute atomic E-state index is 13.6. The Kier molecular flexibility index (Phi) is 6.37. The molecule has 1 saturated heterocycles. The molecule has 156 valence electrons. The number of amides is 1. The van der Waals surface area contributed by atoms with Gasteiger partial charge in [0, 0.05) is 25.1 Å². The molecule has 1 aromatic heterocycles.